The Labute approximate surface area is 326 Å². The SMILES string of the molecule is C.C.C.C.CO[Si](C)(C)C.CO[Si](C)(C)C.C[Si](C)C.C[Si](C)C.C[Si](C)C.C[Si](C)C.C[Si](C)C.C[Si](C)C.[Bi].[Sb]. The van der Waals surface area contributed by atoms with Gasteiger partial charge in [0.05, 0.1) is 0 Å². The molecule has 0 amide bonds. The van der Waals surface area contributed by atoms with E-state index in [9.17, 15) is 0 Å². The Kier molecular flexibility index (Phi) is 144. The molecule has 2 nitrogen and oxygen atoms in total. The van der Waals surface area contributed by atoms with Gasteiger partial charge in [0.2, 0.25) is 0 Å². The minimum Gasteiger partial charge on any atom is -0.421 e. The van der Waals surface area contributed by atoms with Gasteiger partial charge in [-0.05, 0) is 39.3 Å². The second-order valence-corrected chi connectivity index (χ2v) is 40.9. The van der Waals surface area contributed by atoms with Crippen molar-refractivity contribution in [3.63, 3.8) is 0 Å². The topological polar surface area (TPSA) is 18.5 Å². The fourth-order valence-corrected chi connectivity index (χ4v) is 0. The maximum Gasteiger partial charge on any atom is 0.183 e. The molecule has 0 aromatic rings. The molecule has 0 aliphatic heterocycles. The summed E-state index contributed by atoms with van der Waals surface area (Å²) in [6.45, 7) is 53.8. The molecule has 0 rings (SSSR count). The van der Waals surface area contributed by atoms with Crippen LogP contribution in [0.5, 0.6) is 0 Å². The summed E-state index contributed by atoms with van der Waals surface area (Å²) < 4.78 is 10.2. The minimum atomic E-state index is -1.13. The summed E-state index contributed by atoms with van der Waals surface area (Å²) in [6.07, 6.45) is 0. The Morgan fingerprint density at radius 2 is 0.333 bits per heavy atom. The van der Waals surface area contributed by atoms with Gasteiger partial charge < -0.3 is 8.85 Å². The maximum absolute atomic E-state index is 5.08. The van der Waals surface area contributed by atoms with E-state index in [-0.39, 0.29) is 133 Å². The van der Waals surface area contributed by atoms with E-state index < -0.39 is 16.6 Å². The van der Waals surface area contributed by atoms with Crippen molar-refractivity contribution in [2.45, 2.75) is 187 Å². The van der Waals surface area contributed by atoms with Crippen molar-refractivity contribution in [3.8, 4) is 0 Å². The van der Waals surface area contributed by atoms with Crippen LogP contribution < -0.4 is 0 Å². The smallest absolute Gasteiger partial charge is 0.183 e. The van der Waals surface area contributed by atoms with Crippen LogP contribution in [0, 0.1) is 0 Å². The van der Waals surface area contributed by atoms with Crippen molar-refractivity contribution < 1.29 is 8.85 Å². The van der Waals surface area contributed by atoms with Gasteiger partial charge in [-0.1, -0.05) is 148 Å². The largest absolute Gasteiger partial charge is 0.421 e. The molecular weight excluding hydrogens is 948 g/mol. The van der Waals surface area contributed by atoms with Gasteiger partial charge in [0.1, 0.15) is 0 Å². The summed E-state index contributed by atoms with van der Waals surface area (Å²) in [5, 5.41) is 0. The van der Waals surface area contributed by atoms with Crippen LogP contribution >= 0.6 is 0 Å². The zero-order valence-corrected chi connectivity index (χ0v) is 45.7. The van der Waals surface area contributed by atoms with Crippen molar-refractivity contribution >= 4 is 120 Å². The third-order valence-corrected chi connectivity index (χ3v) is 3.67. The molecule has 0 fully saturated rings. The Morgan fingerprint density at radius 1 is 0.310 bits per heavy atom. The Bertz CT molecular complexity index is 265. The van der Waals surface area contributed by atoms with Crippen LogP contribution in [0.3, 0.4) is 0 Å². The van der Waals surface area contributed by atoms with Crippen LogP contribution in [0.15, 0.2) is 0 Å². The summed E-state index contributed by atoms with van der Waals surface area (Å²) in [5.41, 5.74) is 0. The van der Waals surface area contributed by atoms with Crippen molar-refractivity contribution in [2.75, 3.05) is 14.2 Å². The first-order chi connectivity index (χ1) is 15.5. The molecule has 0 N–H and O–H groups in total. The average Bonchev–Trinajstić information content (AvgIpc) is 2.50. The predicted molar refractivity (Wildman–Crippen MR) is 239 cm³/mol. The van der Waals surface area contributed by atoms with E-state index in [0.29, 0.717) is 0 Å². The van der Waals surface area contributed by atoms with Crippen molar-refractivity contribution in [1.82, 2.24) is 0 Å². The third kappa shape index (κ3) is 889. The van der Waals surface area contributed by atoms with Crippen molar-refractivity contribution in [1.29, 1.82) is 0 Å². The fraction of sp³-hybridized carbons (Fsp3) is 1.00. The molecule has 0 spiro atoms. The summed E-state index contributed by atoms with van der Waals surface area (Å²) in [6, 6.07) is 0. The molecule has 42 heavy (non-hydrogen) atoms. The second kappa shape index (κ2) is 66.7. The predicted octanol–water partition coefficient (Wildman–Crippen LogP) is 12.9. The molecule has 0 atom stereocenters. The molecule has 0 aliphatic rings. The van der Waals surface area contributed by atoms with Gasteiger partial charge in [-0.3, -0.25) is 0 Å². The molecule has 0 aromatic carbocycles. The maximum atomic E-state index is 5.08. The zero-order chi connectivity index (χ0) is 31.9. The molecule has 0 bridgehead atoms. The summed E-state index contributed by atoms with van der Waals surface area (Å²) in [5.74, 6) is 0. The van der Waals surface area contributed by atoms with Crippen molar-refractivity contribution in [2.24, 2.45) is 0 Å². The minimum absolute atomic E-state index is 0. The Hall–Kier alpha value is 3.36. The van der Waals surface area contributed by atoms with Crippen LogP contribution in [-0.4, -0.2) is 134 Å². The van der Waals surface area contributed by atoms with Crippen LogP contribution in [0.25, 0.3) is 0 Å². The van der Waals surface area contributed by atoms with Crippen molar-refractivity contribution in [3.05, 3.63) is 0 Å². The molecule has 0 aromatic heterocycles. The molecule has 268 valence electrons. The Morgan fingerprint density at radius 3 is 0.333 bits per heavy atom. The first-order valence-corrected chi connectivity index (χ1v) is 38.0. The third-order valence-electron chi connectivity index (χ3n) is 1.22. The summed E-state index contributed by atoms with van der Waals surface area (Å²) in [4.78, 5) is 0. The van der Waals surface area contributed by atoms with E-state index >= 15 is 0 Å². The summed E-state index contributed by atoms with van der Waals surface area (Å²) >= 11 is 0. The van der Waals surface area contributed by atoms with Crippen LogP contribution in [0.2, 0.25) is 157 Å². The fourth-order valence-electron chi connectivity index (χ4n) is 0. The number of hydrogen-bond donors (Lipinski definition) is 0. The number of hydrogen-bond acceptors (Lipinski definition) is 2. The normalized spacial score (nSPS) is 8.57. The molecular formula is C30H94BiO2SbSi8. The van der Waals surface area contributed by atoms with Crippen LogP contribution in [0.1, 0.15) is 29.7 Å². The van der Waals surface area contributed by atoms with Crippen LogP contribution in [0.4, 0.5) is 0 Å². The summed E-state index contributed by atoms with van der Waals surface area (Å²) in [7, 11) is 2.00. The van der Waals surface area contributed by atoms with Gasteiger partial charge in [-0.25, -0.2) is 0 Å². The van der Waals surface area contributed by atoms with Gasteiger partial charge >= 0.3 is 0 Å². The standard InChI is InChI=1S/2C4H12OSi.6C3H9Si.4CH4.Bi.Sb/c2*1-5-6(2,3)4;6*1-4(2)3;;;;;;/h2*1-4H3;6*1-3H3;4*1H4;;. The van der Waals surface area contributed by atoms with Gasteiger partial charge in [0.15, 0.2) is 16.6 Å². The average molecular weight is 1040 g/mol. The first kappa shape index (κ1) is 90.8. The molecule has 12 heteroatoms. The van der Waals surface area contributed by atoms with E-state index in [1.807, 2.05) is 0 Å². The van der Waals surface area contributed by atoms with E-state index in [1.54, 1.807) is 14.2 Å². The zero-order valence-electron chi connectivity index (χ0n) is 31.7. The quantitative estimate of drug-likeness (QED) is 0.257. The molecule has 0 saturated heterocycles. The van der Waals surface area contributed by atoms with Gasteiger partial charge in [0.25, 0.3) is 0 Å². The van der Waals surface area contributed by atoms with Crippen LogP contribution in [-0.2, 0) is 8.85 Å². The Balaban J connectivity index is -0.0000000175. The van der Waals surface area contributed by atoms with Gasteiger partial charge in [0, 0.05) is 118 Å². The van der Waals surface area contributed by atoms with E-state index in [0.717, 1.165) is 0 Å². The van der Waals surface area contributed by atoms with E-state index in [4.69, 9.17) is 8.85 Å². The molecule has 0 unspecified atom stereocenters. The van der Waals surface area contributed by atoms with Gasteiger partial charge in [-0.2, -0.15) is 0 Å². The molecule has 0 saturated carbocycles. The van der Waals surface area contributed by atoms with E-state index in [2.05, 4.69) is 157 Å². The number of rotatable bonds is 2. The molecule has 0 aliphatic carbocycles. The molecule has 12 radical (unpaired) electrons. The monoisotopic (exact) mass is 1040 g/mol. The molecule has 0 heterocycles. The second-order valence-electron chi connectivity index (χ2n) is 13.6. The van der Waals surface area contributed by atoms with Gasteiger partial charge in [-0.15, -0.1) is 0 Å². The van der Waals surface area contributed by atoms with E-state index in [1.165, 1.54) is 0 Å². The first-order valence-electron chi connectivity index (χ1n) is 13.2.